The average molecular weight is 211 g/mol. The first-order valence-electron chi connectivity index (χ1n) is 4.89. The second-order valence-electron chi connectivity index (χ2n) is 4.28. The molecule has 15 heavy (non-hydrogen) atoms. The smallest absolute Gasteiger partial charge is 0.366 e. The van der Waals surface area contributed by atoms with Crippen LogP contribution >= 0.6 is 0 Å². The number of fused-ring (bicyclic) bond motifs is 1. The third-order valence-corrected chi connectivity index (χ3v) is 2.94. The van der Waals surface area contributed by atoms with Crippen LogP contribution in [-0.4, -0.2) is 37.5 Å². The standard InChI is InChI=1S/C9H13N3O3/c1-9(2)11(14)7-5-3-4-6(10-13)8(7)12(9)15/h13H,3-5H2,1-2H3. The van der Waals surface area contributed by atoms with E-state index in [0.717, 1.165) is 11.2 Å². The summed E-state index contributed by atoms with van der Waals surface area (Å²) in [5.41, 5.74) is -0.124. The van der Waals surface area contributed by atoms with E-state index in [4.69, 9.17) is 5.21 Å². The quantitative estimate of drug-likeness (QED) is 0.276. The van der Waals surface area contributed by atoms with Crippen LogP contribution in [0.4, 0.5) is 0 Å². The van der Waals surface area contributed by atoms with E-state index in [1.165, 1.54) is 0 Å². The van der Waals surface area contributed by atoms with Crippen molar-refractivity contribution in [1.29, 1.82) is 0 Å². The number of hydrogen-bond donors (Lipinski definition) is 1. The van der Waals surface area contributed by atoms with Crippen molar-refractivity contribution >= 4 is 17.1 Å². The maximum absolute atomic E-state index is 11.9. The molecule has 6 nitrogen and oxygen atoms in total. The molecule has 1 aliphatic carbocycles. The monoisotopic (exact) mass is 211 g/mol. The van der Waals surface area contributed by atoms with Gasteiger partial charge in [-0.1, -0.05) is 5.16 Å². The molecule has 0 aromatic heterocycles. The molecule has 1 N–H and O–H groups in total. The predicted octanol–water partition coefficient (Wildman–Crippen LogP) is 0.653. The first-order valence-corrected chi connectivity index (χ1v) is 4.89. The lowest BCUT2D eigenvalue weighted by atomic mass is 9.94. The number of hydroxylamine groups is 2. The normalized spacial score (nSPS) is 27.5. The fraction of sp³-hybridized carbons (Fsp3) is 0.667. The van der Waals surface area contributed by atoms with E-state index in [0.29, 0.717) is 29.0 Å². The molecular formula is C9H13N3O3. The Labute approximate surface area is 87.0 Å². The van der Waals surface area contributed by atoms with Gasteiger partial charge in [-0.15, -0.1) is 9.48 Å². The summed E-state index contributed by atoms with van der Waals surface area (Å²) in [4.78, 5) is 0. The van der Waals surface area contributed by atoms with Gasteiger partial charge in [0.25, 0.3) is 5.71 Å². The highest BCUT2D eigenvalue weighted by atomic mass is 16.5. The van der Waals surface area contributed by atoms with Gasteiger partial charge in [-0.25, -0.2) is 0 Å². The predicted molar refractivity (Wildman–Crippen MR) is 54.4 cm³/mol. The van der Waals surface area contributed by atoms with Gasteiger partial charge in [-0.3, -0.25) is 0 Å². The van der Waals surface area contributed by atoms with Gasteiger partial charge >= 0.3 is 11.4 Å². The van der Waals surface area contributed by atoms with Crippen LogP contribution in [0.2, 0.25) is 0 Å². The Balaban J connectivity index is 2.62. The molecule has 0 aromatic rings. The minimum absolute atomic E-state index is 0.253. The molecular weight excluding hydrogens is 198 g/mol. The topological polar surface area (TPSA) is 84.7 Å². The van der Waals surface area contributed by atoms with E-state index in [1.807, 2.05) is 0 Å². The summed E-state index contributed by atoms with van der Waals surface area (Å²) in [5.74, 6) is 0. The second-order valence-corrected chi connectivity index (χ2v) is 4.28. The van der Waals surface area contributed by atoms with Crippen molar-refractivity contribution < 1.29 is 14.7 Å². The molecule has 1 saturated carbocycles. The van der Waals surface area contributed by atoms with Gasteiger partial charge in [0.05, 0.1) is 13.8 Å². The van der Waals surface area contributed by atoms with E-state index in [1.54, 1.807) is 13.8 Å². The van der Waals surface area contributed by atoms with Crippen LogP contribution < -0.4 is 0 Å². The summed E-state index contributed by atoms with van der Waals surface area (Å²) in [6.45, 7) is 3.11. The molecule has 0 atom stereocenters. The molecule has 2 rings (SSSR count). The average Bonchev–Trinajstić information content (AvgIpc) is 2.41. The third-order valence-electron chi connectivity index (χ3n) is 2.94. The second kappa shape index (κ2) is 2.95. The summed E-state index contributed by atoms with van der Waals surface area (Å²) in [6.07, 6.45) is 1.85. The Bertz CT molecular complexity index is 407. The van der Waals surface area contributed by atoms with Gasteiger partial charge in [0.2, 0.25) is 0 Å². The van der Waals surface area contributed by atoms with Crippen LogP contribution in [-0.2, 0) is 0 Å². The highest BCUT2D eigenvalue weighted by molar-refractivity contribution is 6.67. The first kappa shape index (κ1) is 9.95. The van der Waals surface area contributed by atoms with E-state index in [2.05, 4.69) is 5.16 Å². The van der Waals surface area contributed by atoms with Crippen molar-refractivity contribution in [3.8, 4) is 0 Å². The summed E-state index contributed by atoms with van der Waals surface area (Å²) in [5, 5.41) is 35.6. The minimum Gasteiger partial charge on any atom is -0.618 e. The number of oxime groups is 1. The van der Waals surface area contributed by atoms with Crippen LogP contribution in [0.1, 0.15) is 33.1 Å². The van der Waals surface area contributed by atoms with Crippen molar-refractivity contribution in [2.24, 2.45) is 5.16 Å². The zero-order valence-corrected chi connectivity index (χ0v) is 8.73. The fourth-order valence-electron chi connectivity index (χ4n) is 2.04. The fourth-order valence-corrected chi connectivity index (χ4v) is 2.04. The van der Waals surface area contributed by atoms with Crippen LogP contribution in [0, 0.1) is 10.4 Å². The zero-order valence-electron chi connectivity index (χ0n) is 8.73. The van der Waals surface area contributed by atoms with Crippen LogP contribution in [0.15, 0.2) is 5.16 Å². The van der Waals surface area contributed by atoms with Crippen molar-refractivity contribution in [1.82, 2.24) is 0 Å². The molecule has 2 aliphatic rings. The molecule has 1 heterocycles. The van der Waals surface area contributed by atoms with Crippen molar-refractivity contribution in [2.45, 2.75) is 38.8 Å². The van der Waals surface area contributed by atoms with E-state index in [-0.39, 0.29) is 5.71 Å². The maximum atomic E-state index is 11.9. The van der Waals surface area contributed by atoms with E-state index < -0.39 is 5.66 Å². The number of hydrogen-bond acceptors (Lipinski definition) is 4. The molecule has 6 heteroatoms. The highest BCUT2D eigenvalue weighted by Crippen LogP contribution is 2.23. The lowest BCUT2D eigenvalue weighted by molar-refractivity contribution is -0.754. The molecule has 0 unspecified atom stereocenters. The van der Waals surface area contributed by atoms with Crippen LogP contribution in [0.5, 0.6) is 0 Å². The molecule has 0 aromatic carbocycles. The third kappa shape index (κ3) is 1.14. The van der Waals surface area contributed by atoms with Crippen molar-refractivity contribution in [2.75, 3.05) is 0 Å². The zero-order chi connectivity index (χ0) is 11.2. The molecule has 0 spiro atoms. The molecule has 82 valence electrons. The minimum atomic E-state index is -1.13. The number of nitrogens with zero attached hydrogens (tertiary/aromatic N) is 3. The van der Waals surface area contributed by atoms with Gasteiger partial charge < -0.3 is 15.6 Å². The molecule has 0 radical (unpaired) electrons. The van der Waals surface area contributed by atoms with Crippen LogP contribution in [0.3, 0.4) is 0 Å². The highest BCUT2D eigenvalue weighted by Gasteiger charge is 2.52. The summed E-state index contributed by atoms with van der Waals surface area (Å²) in [7, 11) is 0. The summed E-state index contributed by atoms with van der Waals surface area (Å²) < 4.78 is 1.36. The summed E-state index contributed by atoms with van der Waals surface area (Å²) in [6, 6.07) is 0. The van der Waals surface area contributed by atoms with Gasteiger partial charge in [-0.05, 0) is 6.42 Å². The molecule has 0 saturated heterocycles. The molecule has 1 aliphatic heterocycles. The Morgan fingerprint density at radius 1 is 1.27 bits per heavy atom. The Morgan fingerprint density at radius 2 is 1.93 bits per heavy atom. The van der Waals surface area contributed by atoms with Gasteiger partial charge in [0.1, 0.15) is 0 Å². The largest absolute Gasteiger partial charge is 0.618 e. The molecule has 0 bridgehead atoms. The van der Waals surface area contributed by atoms with E-state index in [9.17, 15) is 10.4 Å². The lowest BCUT2D eigenvalue weighted by Crippen LogP contribution is -2.39. The Morgan fingerprint density at radius 3 is 2.53 bits per heavy atom. The van der Waals surface area contributed by atoms with Gasteiger partial charge in [-0.2, -0.15) is 0 Å². The number of rotatable bonds is 0. The van der Waals surface area contributed by atoms with Crippen molar-refractivity contribution in [3.05, 3.63) is 10.4 Å². The van der Waals surface area contributed by atoms with Gasteiger partial charge in [0.15, 0.2) is 5.71 Å². The Kier molecular flexibility index (Phi) is 1.95. The summed E-state index contributed by atoms with van der Waals surface area (Å²) >= 11 is 0. The van der Waals surface area contributed by atoms with Crippen molar-refractivity contribution in [3.63, 3.8) is 0 Å². The first-order chi connectivity index (χ1) is 7.00. The molecule has 1 fully saturated rings. The van der Waals surface area contributed by atoms with Crippen LogP contribution in [0.25, 0.3) is 0 Å². The SMILES string of the molecule is CC1(C)[N+]([O-])=C2CCCC(=NO)C2=[N+]1[O-]. The Hall–Kier alpha value is -1.59. The van der Waals surface area contributed by atoms with E-state index >= 15 is 0 Å². The lowest BCUT2D eigenvalue weighted by Gasteiger charge is -2.17. The molecule has 0 amide bonds. The maximum Gasteiger partial charge on any atom is 0.366 e. The van der Waals surface area contributed by atoms with Gasteiger partial charge in [0, 0.05) is 12.8 Å².